The summed E-state index contributed by atoms with van der Waals surface area (Å²) in [4.78, 5) is 0. The predicted molar refractivity (Wildman–Crippen MR) is 85.7 cm³/mol. The van der Waals surface area contributed by atoms with Crippen molar-refractivity contribution >= 4 is 15.9 Å². The molecule has 0 spiro atoms. The van der Waals surface area contributed by atoms with Crippen molar-refractivity contribution in [1.82, 2.24) is 0 Å². The minimum Gasteiger partial charge on any atom is -0.496 e. The Morgan fingerprint density at radius 3 is 2.33 bits per heavy atom. The van der Waals surface area contributed by atoms with Crippen LogP contribution in [-0.4, -0.2) is 7.11 Å². The highest BCUT2D eigenvalue weighted by molar-refractivity contribution is 9.10. The summed E-state index contributed by atoms with van der Waals surface area (Å²) in [6, 6.07) is 11.7. The smallest absolute Gasteiger partial charge is 0.133 e. The maximum absolute atomic E-state index is 8.96. The van der Waals surface area contributed by atoms with E-state index in [4.69, 9.17) is 14.7 Å². The molecule has 0 bridgehead atoms. The number of nitrogens with zero attached hydrogens (tertiary/aromatic N) is 1. The minimum absolute atomic E-state index is 0.468. The zero-order valence-electron chi connectivity index (χ0n) is 12.2. The monoisotopic (exact) mass is 345 g/mol. The molecule has 0 unspecified atom stereocenters. The van der Waals surface area contributed by atoms with Crippen molar-refractivity contribution in [3.05, 3.63) is 57.1 Å². The van der Waals surface area contributed by atoms with Crippen molar-refractivity contribution in [2.75, 3.05) is 7.11 Å². The molecule has 3 nitrogen and oxygen atoms in total. The lowest BCUT2D eigenvalue weighted by molar-refractivity contribution is 0.301. The highest BCUT2D eigenvalue weighted by Crippen LogP contribution is 2.28. The summed E-state index contributed by atoms with van der Waals surface area (Å²) in [6.45, 7) is 4.37. The largest absolute Gasteiger partial charge is 0.496 e. The summed E-state index contributed by atoms with van der Waals surface area (Å²) >= 11 is 3.46. The maximum atomic E-state index is 8.96. The van der Waals surface area contributed by atoms with Crippen molar-refractivity contribution in [2.45, 2.75) is 20.5 Å². The Morgan fingerprint density at radius 2 is 1.81 bits per heavy atom. The first kappa shape index (κ1) is 15.4. The van der Waals surface area contributed by atoms with Gasteiger partial charge in [-0.25, -0.2) is 0 Å². The second-order valence-corrected chi connectivity index (χ2v) is 5.66. The summed E-state index contributed by atoms with van der Waals surface area (Å²) in [6.07, 6.45) is 0. The lowest BCUT2D eigenvalue weighted by Crippen LogP contribution is -2.00. The second kappa shape index (κ2) is 6.64. The van der Waals surface area contributed by atoms with E-state index in [0.29, 0.717) is 12.2 Å². The lowest BCUT2D eigenvalue weighted by atomic mass is 10.1. The molecular weight excluding hydrogens is 330 g/mol. The molecule has 0 N–H and O–H groups in total. The Balaban J connectivity index is 2.17. The molecule has 0 aliphatic rings. The Bertz CT molecular complexity index is 681. The minimum atomic E-state index is 0.468. The lowest BCUT2D eigenvalue weighted by Gasteiger charge is -2.13. The second-order valence-electron chi connectivity index (χ2n) is 4.81. The third-order valence-electron chi connectivity index (χ3n) is 3.19. The van der Waals surface area contributed by atoms with Gasteiger partial charge in [-0.2, -0.15) is 5.26 Å². The Hall–Kier alpha value is -1.99. The average Bonchev–Trinajstić information content (AvgIpc) is 2.46. The standard InChI is InChI=1S/C17H16BrNO2/c1-11-6-14(9-19)7-12(2)17(11)21-10-13-4-5-16(20-3)15(18)8-13/h4-8H,10H2,1-3H3. The first-order valence-electron chi connectivity index (χ1n) is 6.51. The van der Waals surface area contributed by atoms with Crippen molar-refractivity contribution < 1.29 is 9.47 Å². The van der Waals surface area contributed by atoms with Crippen LogP contribution in [0.25, 0.3) is 0 Å². The van der Waals surface area contributed by atoms with E-state index in [0.717, 1.165) is 32.7 Å². The van der Waals surface area contributed by atoms with Crippen LogP contribution in [0.5, 0.6) is 11.5 Å². The van der Waals surface area contributed by atoms with Gasteiger partial charge in [0.05, 0.1) is 23.2 Å². The first-order valence-corrected chi connectivity index (χ1v) is 7.31. The maximum Gasteiger partial charge on any atom is 0.133 e. The summed E-state index contributed by atoms with van der Waals surface area (Å²) in [5.74, 6) is 1.63. The van der Waals surface area contributed by atoms with Crippen LogP contribution in [-0.2, 0) is 6.61 Å². The van der Waals surface area contributed by atoms with Crippen LogP contribution in [0.3, 0.4) is 0 Å². The number of halogens is 1. The SMILES string of the molecule is COc1ccc(COc2c(C)cc(C#N)cc2C)cc1Br. The van der Waals surface area contributed by atoms with Crippen molar-refractivity contribution in [2.24, 2.45) is 0 Å². The van der Waals surface area contributed by atoms with E-state index in [1.807, 2.05) is 44.2 Å². The summed E-state index contributed by atoms with van der Waals surface area (Å²) in [7, 11) is 1.64. The molecule has 0 heterocycles. The molecule has 4 heteroatoms. The molecule has 0 saturated heterocycles. The molecule has 0 radical (unpaired) electrons. The van der Waals surface area contributed by atoms with E-state index >= 15 is 0 Å². The van der Waals surface area contributed by atoms with E-state index in [9.17, 15) is 0 Å². The molecular formula is C17H16BrNO2. The molecule has 2 rings (SSSR count). The molecule has 108 valence electrons. The highest BCUT2D eigenvalue weighted by atomic mass is 79.9. The van der Waals surface area contributed by atoms with Gasteiger partial charge in [0.25, 0.3) is 0 Å². The Morgan fingerprint density at radius 1 is 1.14 bits per heavy atom. The van der Waals surface area contributed by atoms with Gasteiger partial charge in [0.2, 0.25) is 0 Å². The van der Waals surface area contributed by atoms with Gasteiger partial charge in [0.15, 0.2) is 0 Å². The number of hydrogen-bond donors (Lipinski definition) is 0. The number of methoxy groups -OCH3 is 1. The molecule has 21 heavy (non-hydrogen) atoms. The fourth-order valence-electron chi connectivity index (χ4n) is 2.20. The third-order valence-corrected chi connectivity index (χ3v) is 3.81. The molecule has 0 aliphatic carbocycles. The van der Waals surface area contributed by atoms with E-state index < -0.39 is 0 Å². The zero-order valence-corrected chi connectivity index (χ0v) is 13.8. The highest BCUT2D eigenvalue weighted by Gasteiger charge is 2.08. The van der Waals surface area contributed by atoms with Crippen LogP contribution in [0.4, 0.5) is 0 Å². The molecule has 0 aliphatic heterocycles. The van der Waals surface area contributed by atoms with Crippen LogP contribution in [0.15, 0.2) is 34.8 Å². The first-order chi connectivity index (χ1) is 10.0. The Kier molecular flexibility index (Phi) is 4.87. The molecule has 2 aromatic rings. The van der Waals surface area contributed by atoms with Crippen LogP contribution in [0.2, 0.25) is 0 Å². The van der Waals surface area contributed by atoms with E-state index in [1.54, 1.807) is 7.11 Å². The molecule has 0 atom stereocenters. The van der Waals surface area contributed by atoms with Crippen LogP contribution in [0.1, 0.15) is 22.3 Å². The predicted octanol–water partition coefficient (Wildman–Crippen LogP) is 4.53. The van der Waals surface area contributed by atoms with Gasteiger partial charge < -0.3 is 9.47 Å². The number of aryl methyl sites for hydroxylation is 2. The van der Waals surface area contributed by atoms with Gasteiger partial charge in [0.1, 0.15) is 18.1 Å². The normalized spacial score (nSPS) is 10.0. The van der Waals surface area contributed by atoms with Gasteiger partial charge in [-0.1, -0.05) is 6.07 Å². The van der Waals surface area contributed by atoms with Gasteiger partial charge in [-0.05, 0) is 70.7 Å². The van der Waals surface area contributed by atoms with Gasteiger partial charge in [-0.3, -0.25) is 0 Å². The fraction of sp³-hybridized carbons (Fsp3) is 0.235. The van der Waals surface area contributed by atoms with E-state index in [-0.39, 0.29) is 0 Å². The number of benzene rings is 2. The molecule has 0 aromatic heterocycles. The van der Waals surface area contributed by atoms with Crippen molar-refractivity contribution in [1.29, 1.82) is 5.26 Å². The van der Waals surface area contributed by atoms with Crippen molar-refractivity contribution in [3.63, 3.8) is 0 Å². The Labute approximate surface area is 133 Å². The van der Waals surface area contributed by atoms with Gasteiger partial charge in [-0.15, -0.1) is 0 Å². The molecule has 0 saturated carbocycles. The summed E-state index contributed by atoms with van der Waals surface area (Å²) in [5.41, 5.74) is 3.65. The number of rotatable bonds is 4. The summed E-state index contributed by atoms with van der Waals surface area (Å²) in [5, 5.41) is 8.96. The van der Waals surface area contributed by atoms with E-state index in [1.165, 1.54) is 0 Å². The molecule has 0 amide bonds. The molecule has 0 fully saturated rings. The van der Waals surface area contributed by atoms with Crippen LogP contribution >= 0.6 is 15.9 Å². The molecule has 2 aromatic carbocycles. The fourth-order valence-corrected chi connectivity index (χ4v) is 2.79. The topological polar surface area (TPSA) is 42.2 Å². The van der Waals surface area contributed by atoms with Crippen LogP contribution < -0.4 is 9.47 Å². The number of ether oxygens (including phenoxy) is 2. The van der Waals surface area contributed by atoms with Crippen molar-refractivity contribution in [3.8, 4) is 17.6 Å². The quantitative estimate of drug-likeness (QED) is 0.817. The summed E-state index contributed by atoms with van der Waals surface area (Å²) < 4.78 is 12.0. The van der Waals surface area contributed by atoms with Gasteiger partial charge >= 0.3 is 0 Å². The van der Waals surface area contributed by atoms with E-state index in [2.05, 4.69) is 22.0 Å². The zero-order chi connectivity index (χ0) is 15.4. The third kappa shape index (κ3) is 3.56. The number of nitriles is 1. The van der Waals surface area contributed by atoms with Gasteiger partial charge in [0, 0.05) is 0 Å². The number of hydrogen-bond acceptors (Lipinski definition) is 3. The van der Waals surface area contributed by atoms with Crippen LogP contribution in [0, 0.1) is 25.2 Å². The average molecular weight is 346 g/mol.